The lowest BCUT2D eigenvalue weighted by atomic mass is 10.3. The van der Waals surface area contributed by atoms with Gasteiger partial charge in [-0.3, -0.25) is 0 Å². The highest BCUT2D eigenvalue weighted by molar-refractivity contribution is 6.36. The molecule has 0 aliphatic rings. The first kappa shape index (κ1) is 10.5. The fourth-order valence-corrected chi connectivity index (χ4v) is 1.25. The van der Waals surface area contributed by atoms with E-state index in [1.54, 1.807) is 12.1 Å². The highest BCUT2D eigenvalue weighted by Crippen LogP contribution is 2.32. The number of nitrogen functional groups attached to an aromatic ring is 1. The zero-order valence-electron chi connectivity index (χ0n) is 7.31. The molecule has 1 aromatic rings. The monoisotopic (exact) mass is 219 g/mol. The van der Waals surface area contributed by atoms with Crippen molar-refractivity contribution < 1.29 is 4.74 Å². The Hall–Kier alpha value is -0.600. The van der Waals surface area contributed by atoms with Crippen molar-refractivity contribution in [1.29, 1.82) is 0 Å². The summed E-state index contributed by atoms with van der Waals surface area (Å²) >= 11 is 11.7. The van der Waals surface area contributed by atoms with Crippen LogP contribution in [-0.2, 0) is 0 Å². The summed E-state index contributed by atoms with van der Waals surface area (Å²) < 4.78 is 5.35. The van der Waals surface area contributed by atoms with Gasteiger partial charge in [-0.1, -0.05) is 30.1 Å². The van der Waals surface area contributed by atoms with E-state index in [2.05, 4.69) is 0 Å². The number of ether oxygens (including phenoxy) is 1. The largest absolute Gasteiger partial charge is 0.492 e. The van der Waals surface area contributed by atoms with Crippen molar-refractivity contribution in [3.63, 3.8) is 0 Å². The Morgan fingerprint density at radius 1 is 1.31 bits per heavy atom. The van der Waals surface area contributed by atoms with Crippen molar-refractivity contribution in [3.8, 4) is 5.75 Å². The normalized spacial score (nSPS) is 10.1. The first-order chi connectivity index (χ1) is 6.15. The van der Waals surface area contributed by atoms with Gasteiger partial charge in [0.2, 0.25) is 0 Å². The number of nitrogens with two attached hydrogens (primary N) is 1. The van der Waals surface area contributed by atoms with Crippen LogP contribution < -0.4 is 10.5 Å². The second-order valence-corrected chi connectivity index (χ2v) is 3.47. The minimum Gasteiger partial charge on any atom is -0.492 e. The van der Waals surface area contributed by atoms with Crippen LogP contribution in [0.15, 0.2) is 12.1 Å². The molecule has 1 aromatic carbocycles. The molecule has 2 N–H and O–H groups in total. The van der Waals surface area contributed by atoms with E-state index in [0.717, 1.165) is 6.42 Å². The number of benzene rings is 1. The molecule has 0 saturated carbocycles. The van der Waals surface area contributed by atoms with Crippen LogP contribution in [-0.4, -0.2) is 6.61 Å². The fourth-order valence-electron chi connectivity index (χ4n) is 0.867. The molecule has 0 fully saturated rings. The van der Waals surface area contributed by atoms with E-state index in [0.29, 0.717) is 28.1 Å². The smallest absolute Gasteiger partial charge is 0.139 e. The zero-order chi connectivity index (χ0) is 9.84. The van der Waals surface area contributed by atoms with Gasteiger partial charge in [0.1, 0.15) is 5.75 Å². The molecule has 0 radical (unpaired) electrons. The lowest BCUT2D eigenvalue weighted by molar-refractivity contribution is 0.317. The van der Waals surface area contributed by atoms with E-state index < -0.39 is 0 Å². The molecule has 0 saturated heterocycles. The Balaban J connectivity index is 2.88. The van der Waals surface area contributed by atoms with Crippen molar-refractivity contribution >= 4 is 28.9 Å². The first-order valence-electron chi connectivity index (χ1n) is 4.02. The number of halogens is 2. The van der Waals surface area contributed by atoms with Gasteiger partial charge in [0, 0.05) is 6.07 Å². The maximum absolute atomic E-state index is 5.87. The minimum absolute atomic E-state index is 0.468. The summed E-state index contributed by atoms with van der Waals surface area (Å²) in [6.45, 7) is 2.65. The molecule has 0 spiro atoms. The van der Waals surface area contributed by atoms with Crippen molar-refractivity contribution in [2.75, 3.05) is 12.3 Å². The van der Waals surface area contributed by atoms with E-state index in [4.69, 9.17) is 33.7 Å². The van der Waals surface area contributed by atoms with Crippen LogP contribution in [0.5, 0.6) is 5.75 Å². The molecule has 0 atom stereocenters. The highest BCUT2D eigenvalue weighted by atomic mass is 35.5. The molecule has 0 bridgehead atoms. The maximum Gasteiger partial charge on any atom is 0.139 e. The summed E-state index contributed by atoms with van der Waals surface area (Å²) in [5.74, 6) is 0.586. The Morgan fingerprint density at radius 3 is 2.62 bits per heavy atom. The molecule has 72 valence electrons. The topological polar surface area (TPSA) is 35.2 Å². The molecule has 0 unspecified atom stereocenters. The Kier molecular flexibility index (Phi) is 3.70. The van der Waals surface area contributed by atoms with Crippen LogP contribution in [0, 0.1) is 0 Å². The highest BCUT2D eigenvalue weighted by Gasteiger charge is 2.05. The molecule has 0 aromatic heterocycles. The van der Waals surface area contributed by atoms with E-state index >= 15 is 0 Å². The molecule has 1 rings (SSSR count). The minimum atomic E-state index is 0.468. The molecule has 0 heterocycles. The van der Waals surface area contributed by atoms with Crippen molar-refractivity contribution in [3.05, 3.63) is 22.2 Å². The van der Waals surface area contributed by atoms with Gasteiger partial charge in [-0.25, -0.2) is 0 Å². The third-order valence-corrected chi connectivity index (χ3v) is 2.14. The Bertz CT molecular complexity index is 302. The van der Waals surface area contributed by atoms with Crippen molar-refractivity contribution in [2.24, 2.45) is 0 Å². The second kappa shape index (κ2) is 4.58. The third kappa shape index (κ3) is 2.68. The van der Waals surface area contributed by atoms with Crippen molar-refractivity contribution in [1.82, 2.24) is 0 Å². The molecule has 13 heavy (non-hydrogen) atoms. The van der Waals surface area contributed by atoms with Crippen molar-refractivity contribution in [2.45, 2.75) is 13.3 Å². The average molecular weight is 220 g/mol. The fraction of sp³-hybridized carbons (Fsp3) is 0.333. The summed E-state index contributed by atoms with van der Waals surface area (Å²) in [6, 6.07) is 3.23. The van der Waals surface area contributed by atoms with Gasteiger partial charge in [0.25, 0.3) is 0 Å². The van der Waals surface area contributed by atoms with E-state index in [1.165, 1.54) is 0 Å². The van der Waals surface area contributed by atoms with Crippen LogP contribution in [0.1, 0.15) is 13.3 Å². The number of hydrogen-bond acceptors (Lipinski definition) is 2. The van der Waals surface area contributed by atoms with Crippen LogP contribution in [0.2, 0.25) is 10.0 Å². The summed E-state index contributed by atoms with van der Waals surface area (Å²) in [6.07, 6.45) is 0.929. The standard InChI is InChI=1S/C9H11Cl2NO/c1-2-3-13-9-5-6(10)8(12)4-7(9)11/h4-5H,2-3,12H2,1H3. The summed E-state index contributed by atoms with van der Waals surface area (Å²) in [4.78, 5) is 0. The number of anilines is 1. The predicted molar refractivity (Wildman–Crippen MR) is 56.7 cm³/mol. The van der Waals surface area contributed by atoms with Crippen LogP contribution in [0.25, 0.3) is 0 Å². The van der Waals surface area contributed by atoms with E-state index in [1.807, 2.05) is 6.92 Å². The molecule has 0 aliphatic heterocycles. The van der Waals surface area contributed by atoms with Crippen LogP contribution in [0.3, 0.4) is 0 Å². The Morgan fingerprint density at radius 2 is 2.00 bits per heavy atom. The van der Waals surface area contributed by atoms with Gasteiger partial charge in [-0.15, -0.1) is 0 Å². The lowest BCUT2D eigenvalue weighted by Gasteiger charge is -2.08. The summed E-state index contributed by atoms with van der Waals surface area (Å²) in [7, 11) is 0. The predicted octanol–water partition coefficient (Wildman–Crippen LogP) is 3.36. The van der Waals surface area contributed by atoms with Crippen LogP contribution >= 0.6 is 23.2 Å². The average Bonchev–Trinajstić information content (AvgIpc) is 2.09. The molecular weight excluding hydrogens is 209 g/mol. The number of rotatable bonds is 3. The second-order valence-electron chi connectivity index (χ2n) is 2.65. The molecule has 2 nitrogen and oxygen atoms in total. The number of hydrogen-bond donors (Lipinski definition) is 1. The third-order valence-electron chi connectivity index (χ3n) is 1.51. The SMILES string of the molecule is CCCOc1cc(Cl)c(N)cc1Cl. The zero-order valence-corrected chi connectivity index (χ0v) is 8.82. The van der Waals surface area contributed by atoms with Gasteiger partial charge in [-0.05, 0) is 12.5 Å². The van der Waals surface area contributed by atoms with Gasteiger partial charge >= 0.3 is 0 Å². The molecule has 0 aliphatic carbocycles. The van der Waals surface area contributed by atoms with Gasteiger partial charge in [-0.2, -0.15) is 0 Å². The van der Waals surface area contributed by atoms with E-state index in [-0.39, 0.29) is 0 Å². The molecule has 0 amide bonds. The van der Waals surface area contributed by atoms with Gasteiger partial charge in [0.05, 0.1) is 22.3 Å². The Labute approximate surface area is 87.6 Å². The quantitative estimate of drug-likeness (QED) is 0.792. The van der Waals surface area contributed by atoms with E-state index in [9.17, 15) is 0 Å². The maximum atomic E-state index is 5.87. The van der Waals surface area contributed by atoms with Gasteiger partial charge < -0.3 is 10.5 Å². The molecule has 4 heteroatoms. The van der Waals surface area contributed by atoms with Gasteiger partial charge in [0.15, 0.2) is 0 Å². The summed E-state index contributed by atoms with van der Waals surface area (Å²) in [5, 5.41) is 0.964. The van der Waals surface area contributed by atoms with Crippen LogP contribution in [0.4, 0.5) is 5.69 Å². The lowest BCUT2D eigenvalue weighted by Crippen LogP contribution is -1.96. The summed E-state index contributed by atoms with van der Waals surface area (Å²) in [5.41, 5.74) is 6.01. The first-order valence-corrected chi connectivity index (χ1v) is 4.78. The molecular formula is C9H11Cl2NO.